The van der Waals surface area contributed by atoms with Crippen LogP contribution in [-0.2, 0) is 4.74 Å². The highest BCUT2D eigenvalue weighted by atomic mass is 16.6. The van der Waals surface area contributed by atoms with Gasteiger partial charge in [-0.25, -0.2) is 9.59 Å². The van der Waals surface area contributed by atoms with Crippen molar-refractivity contribution >= 4 is 17.9 Å². The van der Waals surface area contributed by atoms with Gasteiger partial charge in [0.2, 0.25) is 0 Å². The van der Waals surface area contributed by atoms with E-state index in [2.05, 4.69) is 5.32 Å². The summed E-state index contributed by atoms with van der Waals surface area (Å²) >= 11 is 0. The lowest BCUT2D eigenvalue weighted by Gasteiger charge is -2.30. The number of carboxylic acid groups (broad SMARTS) is 1. The minimum atomic E-state index is -0.868. The first-order valence-electron chi connectivity index (χ1n) is 8.35. The van der Waals surface area contributed by atoms with E-state index in [1.807, 2.05) is 12.1 Å². The quantitative estimate of drug-likeness (QED) is 0.863. The van der Waals surface area contributed by atoms with E-state index >= 15 is 0 Å². The average molecular weight is 350 g/mol. The van der Waals surface area contributed by atoms with Gasteiger partial charge < -0.3 is 19.5 Å². The Labute approximate surface area is 147 Å². The Bertz CT molecular complexity index is 631. The summed E-state index contributed by atoms with van der Waals surface area (Å²) in [6, 6.07) is 5.63. The van der Waals surface area contributed by atoms with Crippen LogP contribution in [0.25, 0.3) is 0 Å². The zero-order valence-electron chi connectivity index (χ0n) is 15.2. The van der Waals surface area contributed by atoms with Crippen LogP contribution in [0.15, 0.2) is 18.2 Å². The lowest BCUT2D eigenvalue weighted by Crippen LogP contribution is -2.36. The molecule has 1 saturated heterocycles. The third-order valence-electron chi connectivity index (χ3n) is 4.10. The van der Waals surface area contributed by atoms with Crippen LogP contribution >= 0.6 is 0 Å². The summed E-state index contributed by atoms with van der Waals surface area (Å²) in [5, 5.41) is 11.7. The maximum atomic E-state index is 11.9. The highest BCUT2D eigenvalue weighted by molar-refractivity contribution is 5.87. The Hall–Kier alpha value is -2.44. The summed E-state index contributed by atoms with van der Waals surface area (Å²) in [5.41, 5.74) is 1.05. The Morgan fingerprint density at radius 1 is 1.24 bits per heavy atom. The molecule has 7 heteroatoms. The molecule has 0 unspecified atom stereocenters. The zero-order chi connectivity index (χ0) is 18.6. The molecule has 2 rings (SSSR count). The van der Waals surface area contributed by atoms with E-state index in [-0.39, 0.29) is 5.92 Å². The number of carbonyl (C=O) groups excluding carboxylic acids is 1. The normalized spacial score (nSPS) is 15.6. The third kappa shape index (κ3) is 5.27. The number of ether oxygens (including phenoxy) is 2. The maximum absolute atomic E-state index is 11.9. The van der Waals surface area contributed by atoms with E-state index < -0.39 is 17.8 Å². The number of likely N-dealkylation sites (tertiary alicyclic amines) is 1. The number of piperidine rings is 1. The zero-order valence-corrected chi connectivity index (χ0v) is 15.2. The molecule has 0 aromatic heterocycles. The van der Waals surface area contributed by atoms with Crippen LogP contribution in [0.3, 0.4) is 0 Å². The van der Waals surface area contributed by atoms with E-state index in [4.69, 9.17) is 14.6 Å². The van der Waals surface area contributed by atoms with Crippen LogP contribution in [0.4, 0.5) is 15.3 Å². The van der Waals surface area contributed by atoms with Gasteiger partial charge in [-0.1, -0.05) is 6.07 Å². The molecule has 0 saturated carbocycles. The lowest BCUT2D eigenvalue weighted by molar-refractivity contribution is 0.0635. The highest BCUT2D eigenvalue weighted by Gasteiger charge is 2.24. The van der Waals surface area contributed by atoms with Crippen molar-refractivity contribution in [2.24, 2.45) is 0 Å². The molecule has 25 heavy (non-hydrogen) atoms. The van der Waals surface area contributed by atoms with Crippen LogP contribution in [0.2, 0.25) is 0 Å². The summed E-state index contributed by atoms with van der Waals surface area (Å²) in [4.78, 5) is 24.4. The van der Waals surface area contributed by atoms with Crippen molar-refractivity contribution in [3.8, 4) is 5.75 Å². The van der Waals surface area contributed by atoms with Gasteiger partial charge in [0, 0.05) is 13.1 Å². The second kappa shape index (κ2) is 7.63. The second-order valence-corrected chi connectivity index (χ2v) is 7.13. The smallest absolute Gasteiger partial charge is 0.412 e. The minimum absolute atomic E-state index is 0.278. The van der Waals surface area contributed by atoms with Crippen LogP contribution in [0.5, 0.6) is 5.75 Å². The molecule has 2 N–H and O–H groups in total. The summed E-state index contributed by atoms with van der Waals surface area (Å²) in [5.74, 6) is 0.837. The van der Waals surface area contributed by atoms with Crippen molar-refractivity contribution in [3.05, 3.63) is 23.8 Å². The molecule has 7 nitrogen and oxygen atoms in total. The maximum Gasteiger partial charge on any atom is 0.412 e. The van der Waals surface area contributed by atoms with Gasteiger partial charge in [0.25, 0.3) is 0 Å². The fourth-order valence-electron chi connectivity index (χ4n) is 2.88. The molecule has 1 fully saturated rings. The van der Waals surface area contributed by atoms with E-state index in [9.17, 15) is 9.59 Å². The van der Waals surface area contributed by atoms with Crippen molar-refractivity contribution in [2.75, 3.05) is 25.5 Å². The van der Waals surface area contributed by atoms with Crippen LogP contribution in [0.1, 0.15) is 45.1 Å². The average Bonchev–Trinajstić information content (AvgIpc) is 2.53. The van der Waals surface area contributed by atoms with Crippen LogP contribution < -0.4 is 10.1 Å². The SMILES string of the molecule is COc1cc(C2CCN(C(=O)O)CC2)ccc1NC(=O)OC(C)(C)C. The molecule has 0 radical (unpaired) electrons. The van der Waals surface area contributed by atoms with Gasteiger partial charge in [0.1, 0.15) is 11.4 Å². The van der Waals surface area contributed by atoms with Gasteiger partial charge in [0.05, 0.1) is 12.8 Å². The molecule has 1 heterocycles. The van der Waals surface area contributed by atoms with E-state index in [1.54, 1.807) is 33.9 Å². The number of benzene rings is 1. The second-order valence-electron chi connectivity index (χ2n) is 7.13. The van der Waals surface area contributed by atoms with Gasteiger partial charge >= 0.3 is 12.2 Å². The number of methoxy groups -OCH3 is 1. The first-order valence-corrected chi connectivity index (χ1v) is 8.35. The number of rotatable bonds is 3. The predicted molar refractivity (Wildman–Crippen MR) is 94.4 cm³/mol. The Kier molecular flexibility index (Phi) is 5.77. The Balaban J connectivity index is 2.06. The minimum Gasteiger partial charge on any atom is -0.495 e. The monoisotopic (exact) mass is 350 g/mol. The van der Waals surface area contributed by atoms with Crippen LogP contribution in [-0.4, -0.2) is 48.0 Å². The Morgan fingerprint density at radius 3 is 2.40 bits per heavy atom. The molecule has 1 aromatic carbocycles. The lowest BCUT2D eigenvalue weighted by atomic mass is 9.89. The molecular formula is C18H26N2O5. The number of anilines is 1. The molecule has 0 bridgehead atoms. The van der Waals surface area contributed by atoms with Gasteiger partial charge in [-0.05, 0) is 57.2 Å². The van der Waals surface area contributed by atoms with Crippen molar-refractivity contribution in [2.45, 2.75) is 45.1 Å². The van der Waals surface area contributed by atoms with Crippen LogP contribution in [0, 0.1) is 0 Å². The standard InChI is InChI=1S/C18H26N2O5/c1-18(2,3)25-16(21)19-14-6-5-13(11-15(14)24-4)12-7-9-20(10-8-12)17(22)23/h5-6,11-12H,7-10H2,1-4H3,(H,19,21)(H,22,23). The summed E-state index contributed by atoms with van der Waals surface area (Å²) in [7, 11) is 1.55. The fourth-order valence-corrected chi connectivity index (χ4v) is 2.88. The molecule has 138 valence electrons. The molecule has 1 aliphatic heterocycles. The molecule has 1 aliphatic rings. The highest BCUT2D eigenvalue weighted by Crippen LogP contribution is 2.34. The first-order chi connectivity index (χ1) is 11.7. The molecule has 2 amide bonds. The number of nitrogens with one attached hydrogen (secondary N) is 1. The molecule has 0 spiro atoms. The van der Waals surface area contributed by atoms with E-state index in [1.165, 1.54) is 4.90 Å². The first kappa shape index (κ1) is 18.9. The topological polar surface area (TPSA) is 88.1 Å². The molecular weight excluding hydrogens is 324 g/mol. The summed E-state index contributed by atoms with van der Waals surface area (Å²) < 4.78 is 10.6. The largest absolute Gasteiger partial charge is 0.495 e. The summed E-state index contributed by atoms with van der Waals surface area (Å²) in [6.07, 6.45) is 0.143. The predicted octanol–water partition coefficient (Wildman–Crippen LogP) is 3.90. The Morgan fingerprint density at radius 2 is 1.88 bits per heavy atom. The summed E-state index contributed by atoms with van der Waals surface area (Å²) in [6.45, 7) is 6.46. The van der Waals surface area contributed by atoms with Crippen molar-refractivity contribution in [3.63, 3.8) is 0 Å². The fraction of sp³-hybridized carbons (Fsp3) is 0.556. The molecule has 0 atom stereocenters. The number of hydrogen-bond acceptors (Lipinski definition) is 4. The van der Waals surface area contributed by atoms with Gasteiger partial charge in [0.15, 0.2) is 0 Å². The van der Waals surface area contributed by atoms with Gasteiger partial charge in [-0.3, -0.25) is 5.32 Å². The van der Waals surface area contributed by atoms with E-state index in [0.29, 0.717) is 24.5 Å². The number of nitrogens with zero attached hydrogens (tertiary/aromatic N) is 1. The van der Waals surface area contributed by atoms with Crippen molar-refractivity contribution in [1.82, 2.24) is 4.90 Å². The van der Waals surface area contributed by atoms with E-state index in [0.717, 1.165) is 18.4 Å². The number of amides is 2. The number of hydrogen-bond donors (Lipinski definition) is 2. The van der Waals surface area contributed by atoms with Gasteiger partial charge in [-0.15, -0.1) is 0 Å². The van der Waals surface area contributed by atoms with Crippen molar-refractivity contribution < 1.29 is 24.2 Å². The number of carbonyl (C=O) groups is 2. The van der Waals surface area contributed by atoms with Crippen molar-refractivity contribution in [1.29, 1.82) is 0 Å². The molecule has 0 aliphatic carbocycles. The molecule has 1 aromatic rings. The van der Waals surface area contributed by atoms with Gasteiger partial charge in [-0.2, -0.15) is 0 Å². The third-order valence-corrected chi connectivity index (χ3v) is 4.10.